The van der Waals surface area contributed by atoms with Crippen molar-refractivity contribution in [2.45, 2.75) is 25.9 Å². The van der Waals surface area contributed by atoms with E-state index in [0.29, 0.717) is 13.7 Å². The summed E-state index contributed by atoms with van der Waals surface area (Å²) < 4.78 is 60.8. The molecule has 2 aromatic rings. The third-order valence-electron chi connectivity index (χ3n) is 4.08. The Kier molecular flexibility index (Phi) is 10.3. The summed E-state index contributed by atoms with van der Waals surface area (Å²) in [6, 6.07) is 15.7. The molecule has 0 unspecified atom stereocenters. The minimum atomic E-state index is -5.34. The Morgan fingerprint density at radius 3 is 1.82 bits per heavy atom. The predicted octanol–water partition coefficient (Wildman–Crippen LogP) is 3.91. The molecule has 0 atom stereocenters. The summed E-state index contributed by atoms with van der Waals surface area (Å²) in [4.78, 5) is 23.8. The maximum Gasteiger partial charge on any atom is 0.523 e. The lowest BCUT2D eigenvalue weighted by Gasteiger charge is -2.13. The van der Waals surface area contributed by atoms with Gasteiger partial charge >= 0.3 is 15.6 Å². The van der Waals surface area contributed by atoms with E-state index in [2.05, 4.69) is 11.1 Å². The number of aryl methyl sites for hydroxylation is 2. The Morgan fingerprint density at radius 1 is 0.879 bits per heavy atom. The maximum absolute atomic E-state index is 11.3. The molecule has 0 saturated heterocycles. The fourth-order valence-corrected chi connectivity index (χ4v) is 2.54. The molecule has 33 heavy (non-hydrogen) atoms. The van der Waals surface area contributed by atoms with Gasteiger partial charge in [-0.1, -0.05) is 47.5 Å². The molecule has 7 nitrogen and oxygen atoms in total. The van der Waals surface area contributed by atoms with E-state index in [-0.39, 0.29) is 11.8 Å². The molecule has 2 aromatic carbocycles. The highest BCUT2D eigenvalue weighted by atomic mass is 32.2. The van der Waals surface area contributed by atoms with Crippen LogP contribution >= 0.6 is 0 Å². The van der Waals surface area contributed by atoms with Crippen molar-refractivity contribution >= 4 is 21.9 Å². The molecule has 0 fully saturated rings. The molecule has 1 heterocycles. The molecule has 0 N–H and O–H groups in total. The summed E-state index contributed by atoms with van der Waals surface area (Å²) in [6.07, 6.45) is 2.61. The fourth-order valence-electron chi connectivity index (χ4n) is 2.35. The van der Waals surface area contributed by atoms with E-state index >= 15 is 0 Å². The number of alkyl halides is 3. The second-order valence-corrected chi connectivity index (χ2v) is 8.37. The maximum atomic E-state index is 11.3. The zero-order valence-corrected chi connectivity index (χ0v) is 19.2. The van der Waals surface area contributed by atoms with Crippen LogP contribution in [0.25, 0.3) is 0 Å². The molecule has 1 aliphatic heterocycles. The van der Waals surface area contributed by atoms with Gasteiger partial charge in [-0.15, -0.1) is 0 Å². The van der Waals surface area contributed by atoms with Crippen LogP contribution in [0.4, 0.5) is 13.2 Å². The van der Waals surface area contributed by atoms with E-state index in [4.69, 9.17) is 4.74 Å². The molecule has 3 rings (SSSR count). The van der Waals surface area contributed by atoms with Crippen molar-refractivity contribution < 1.29 is 40.1 Å². The van der Waals surface area contributed by atoms with Gasteiger partial charge in [0.2, 0.25) is 0 Å². The first kappa shape index (κ1) is 27.9. The lowest BCUT2D eigenvalue weighted by molar-refractivity contribution is -0.137. The number of methoxy groups -OCH3 is 1. The number of halogens is 3. The molecule has 1 aliphatic rings. The number of ether oxygens (including phenoxy) is 1. The van der Waals surface area contributed by atoms with Gasteiger partial charge in [0.15, 0.2) is 0 Å². The number of hydrogen-bond donors (Lipinski definition) is 0. The fraction of sp³-hybridized carbons (Fsp3) is 0.273. The standard InChI is InChI=1S/C12H11NO2.C8H10O.C2H3F3O3S/c1-9-3-2-4-10(7-9)8-13-11(14)5-6-12(13)15;1-7-3-5-8(9-2)6-4-7;1-8-9(6,7)2(3,4)5/h2-7H,8H2,1H3;3-6H,1-2H3;1H3. The number of hydrogen-bond acceptors (Lipinski definition) is 6. The van der Waals surface area contributed by atoms with Crippen LogP contribution in [0.1, 0.15) is 16.7 Å². The van der Waals surface area contributed by atoms with Crippen molar-refractivity contribution in [2.75, 3.05) is 14.2 Å². The van der Waals surface area contributed by atoms with Gasteiger partial charge in [-0.3, -0.25) is 18.7 Å². The summed E-state index contributed by atoms with van der Waals surface area (Å²) in [5.41, 5.74) is -1.95. The summed E-state index contributed by atoms with van der Waals surface area (Å²) in [5, 5.41) is 0. The van der Waals surface area contributed by atoms with E-state index in [9.17, 15) is 31.2 Å². The minimum Gasteiger partial charge on any atom is -0.497 e. The monoisotopic (exact) mass is 487 g/mol. The Balaban J connectivity index is 0.000000264. The number of rotatable bonds is 4. The number of carbonyl (C=O) groups is 2. The SMILES string of the molecule is COS(=O)(=O)C(F)(F)F.COc1ccc(C)cc1.Cc1cccc(CN2C(=O)C=CC2=O)c1. The van der Waals surface area contributed by atoms with Crippen molar-refractivity contribution in [1.82, 2.24) is 4.90 Å². The van der Waals surface area contributed by atoms with Crippen LogP contribution in [-0.4, -0.2) is 44.9 Å². The molecule has 0 spiro atoms. The van der Waals surface area contributed by atoms with E-state index in [1.807, 2.05) is 55.5 Å². The molecule has 2 amide bonds. The molecule has 0 saturated carbocycles. The topological polar surface area (TPSA) is 90.0 Å². The second-order valence-electron chi connectivity index (χ2n) is 6.67. The summed E-state index contributed by atoms with van der Waals surface area (Å²) >= 11 is 0. The summed E-state index contributed by atoms with van der Waals surface area (Å²) in [5.74, 6) is 0.448. The number of nitrogens with zero attached hydrogens (tertiary/aromatic N) is 1. The Labute approximate surface area is 190 Å². The van der Waals surface area contributed by atoms with Crippen LogP contribution in [0, 0.1) is 13.8 Å². The lowest BCUT2D eigenvalue weighted by atomic mass is 10.1. The van der Waals surface area contributed by atoms with E-state index in [0.717, 1.165) is 16.9 Å². The lowest BCUT2D eigenvalue weighted by Crippen LogP contribution is -2.29. The van der Waals surface area contributed by atoms with Crippen molar-refractivity contribution in [1.29, 1.82) is 0 Å². The third-order valence-corrected chi connectivity index (χ3v) is 5.09. The largest absolute Gasteiger partial charge is 0.523 e. The van der Waals surface area contributed by atoms with Gasteiger partial charge in [-0.05, 0) is 31.5 Å². The van der Waals surface area contributed by atoms with Gasteiger partial charge in [0, 0.05) is 12.2 Å². The molecule has 0 radical (unpaired) electrons. The first-order valence-corrected chi connectivity index (χ1v) is 10.8. The second kappa shape index (κ2) is 12.2. The molecule has 180 valence electrons. The average Bonchev–Trinajstić information content (AvgIpc) is 3.06. The van der Waals surface area contributed by atoms with Crippen LogP contribution in [-0.2, 0) is 30.4 Å². The van der Waals surface area contributed by atoms with Crippen LogP contribution in [0.2, 0.25) is 0 Å². The first-order valence-electron chi connectivity index (χ1n) is 9.37. The zero-order valence-electron chi connectivity index (χ0n) is 18.4. The van der Waals surface area contributed by atoms with Crippen molar-refractivity contribution in [3.05, 3.63) is 77.4 Å². The molecule has 0 bridgehead atoms. The highest BCUT2D eigenvalue weighted by Crippen LogP contribution is 2.23. The highest BCUT2D eigenvalue weighted by Gasteiger charge is 2.46. The van der Waals surface area contributed by atoms with Gasteiger partial charge in [-0.25, -0.2) is 0 Å². The van der Waals surface area contributed by atoms with Crippen molar-refractivity contribution in [2.24, 2.45) is 0 Å². The third kappa shape index (κ3) is 9.07. The number of benzene rings is 2. The van der Waals surface area contributed by atoms with Crippen LogP contribution in [0.15, 0.2) is 60.7 Å². The average molecular weight is 487 g/mol. The van der Waals surface area contributed by atoms with Crippen molar-refractivity contribution in [3.63, 3.8) is 0 Å². The summed E-state index contributed by atoms with van der Waals surface area (Å²) in [7, 11) is -3.22. The van der Waals surface area contributed by atoms with E-state index < -0.39 is 15.6 Å². The molecular formula is C22H24F3NO6S. The van der Waals surface area contributed by atoms with Gasteiger partial charge < -0.3 is 4.74 Å². The Morgan fingerprint density at radius 2 is 1.42 bits per heavy atom. The van der Waals surface area contributed by atoms with Gasteiger partial charge in [0.25, 0.3) is 11.8 Å². The van der Waals surface area contributed by atoms with E-state index in [1.165, 1.54) is 22.6 Å². The quantitative estimate of drug-likeness (QED) is 0.369. The van der Waals surface area contributed by atoms with Crippen LogP contribution < -0.4 is 4.74 Å². The minimum absolute atomic E-state index is 0.235. The number of imide groups is 1. The Hall–Kier alpha value is -3.18. The van der Waals surface area contributed by atoms with Gasteiger partial charge in [0.05, 0.1) is 20.8 Å². The first-order chi connectivity index (χ1) is 15.3. The molecule has 0 aliphatic carbocycles. The summed E-state index contributed by atoms with van der Waals surface area (Å²) in [6.45, 7) is 4.39. The molecule has 0 aromatic heterocycles. The smallest absolute Gasteiger partial charge is 0.497 e. The molecule has 11 heteroatoms. The number of carbonyl (C=O) groups excluding carboxylic acids is 2. The van der Waals surface area contributed by atoms with Crippen molar-refractivity contribution in [3.8, 4) is 5.75 Å². The predicted molar refractivity (Wildman–Crippen MR) is 116 cm³/mol. The molecular weight excluding hydrogens is 463 g/mol. The number of amides is 2. The van der Waals surface area contributed by atoms with Gasteiger partial charge in [-0.2, -0.15) is 21.6 Å². The highest BCUT2D eigenvalue weighted by molar-refractivity contribution is 7.87. The van der Waals surface area contributed by atoms with Crippen LogP contribution in [0.5, 0.6) is 5.75 Å². The normalized spacial score (nSPS) is 13.1. The zero-order chi connectivity index (χ0) is 25.2. The van der Waals surface area contributed by atoms with E-state index in [1.54, 1.807) is 7.11 Å². The van der Waals surface area contributed by atoms with Gasteiger partial charge in [0.1, 0.15) is 5.75 Å². The van der Waals surface area contributed by atoms with Crippen LogP contribution in [0.3, 0.4) is 0 Å². The Bertz CT molecular complexity index is 1060.